The molecule has 4 rings (SSSR count). The predicted molar refractivity (Wildman–Crippen MR) is 166 cm³/mol. The van der Waals surface area contributed by atoms with Gasteiger partial charge in [-0.3, -0.25) is 19.7 Å². The Balaban J connectivity index is 1.34. The molecule has 4 aromatic carbocycles. The highest BCUT2D eigenvalue weighted by Gasteiger charge is 2.26. The van der Waals surface area contributed by atoms with Crippen molar-refractivity contribution in [1.29, 1.82) is 0 Å². The van der Waals surface area contributed by atoms with Crippen LogP contribution in [-0.2, 0) is 48.1 Å². The fourth-order valence-electron chi connectivity index (χ4n) is 4.62. The lowest BCUT2D eigenvalue weighted by atomic mass is 10.0. The average molecular weight is 612 g/mol. The Morgan fingerprint density at radius 3 is 2.13 bits per heavy atom. The van der Waals surface area contributed by atoms with Crippen molar-refractivity contribution < 1.29 is 38.6 Å². The first-order chi connectivity index (χ1) is 21.7. The molecule has 0 aliphatic heterocycles. The quantitative estimate of drug-likeness (QED) is 0.192. The van der Waals surface area contributed by atoms with Crippen LogP contribution in [0.1, 0.15) is 16.7 Å². The Bertz CT molecular complexity index is 1660. The van der Waals surface area contributed by atoms with Gasteiger partial charge in [0.2, 0.25) is 11.8 Å². The van der Waals surface area contributed by atoms with Gasteiger partial charge in [0.1, 0.15) is 25.7 Å². The maximum absolute atomic E-state index is 13.1. The zero-order valence-corrected chi connectivity index (χ0v) is 24.6. The highest BCUT2D eigenvalue weighted by atomic mass is 16.5. The summed E-state index contributed by atoms with van der Waals surface area (Å²) in [5.41, 5.74) is 2.62. The normalized spacial score (nSPS) is 11.2. The molecule has 0 spiro atoms. The molecule has 3 N–H and O–H groups in total. The third-order valence-electron chi connectivity index (χ3n) is 6.86. The molecule has 0 bridgehead atoms. The van der Waals surface area contributed by atoms with Crippen molar-refractivity contribution in [3.05, 3.63) is 114 Å². The van der Waals surface area contributed by atoms with Gasteiger partial charge in [-0.15, -0.1) is 0 Å². The summed E-state index contributed by atoms with van der Waals surface area (Å²) < 4.78 is 10.1. The Kier molecular flexibility index (Phi) is 11.2. The van der Waals surface area contributed by atoms with Crippen molar-refractivity contribution in [1.82, 2.24) is 10.2 Å². The summed E-state index contributed by atoms with van der Waals surface area (Å²) in [6, 6.07) is 27.8. The molecule has 0 radical (unpaired) electrons. The first-order valence-corrected chi connectivity index (χ1v) is 14.1. The van der Waals surface area contributed by atoms with Crippen LogP contribution >= 0.6 is 0 Å². The van der Waals surface area contributed by atoms with E-state index in [4.69, 9.17) is 9.47 Å². The van der Waals surface area contributed by atoms with Crippen LogP contribution in [0, 0.1) is 0 Å². The van der Waals surface area contributed by atoms with Crippen molar-refractivity contribution in [3.63, 3.8) is 0 Å². The summed E-state index contributed by atoms with van der Waals surface area (Å²) in [5, 5.41) is 16.5. The monoisotopic (exact) mass is 611 g/mol. The van der Waals surface area contributed by atoms with Gasteiger partial charge in [0.25, 0.3) is 0 Å². The molecule has 11 nitrogen and oxygen atoms in total. The van der Waals surface area contributed by atoms with Crippen molar-refractivity contribution in [2.24, 2.45) is 0 Å². The number of carbonyl (C=O) groups excluding carboxylic acids is 4. The molecule has 0 saturated heterocycles. The minimum absolute atomic E-state index is 0.0428. The lowest BCUT2D eigenvalue weighted by molar-refractivity contribution is -0.147. The number of carboxylic acid groups (broad SMARTS) is 1. The Morgan fingerprint density at radius 1 is 0.778 bits per heavy atom. The summed E-state index contributed by atoms with van der Waals surface area (Å²) >= 11 is 0. The molecule has 0 heterocycles. The molecule has 0 fully saturated rings. The van der Waals surface area contributed by atoms with Crippen molar-refractivity contribution >= 4 is 46.3 Å². The summed E-state index contributed by atoms with van der Waals surface area (Å²) in [5.74, 6) is -3.28. The summed E-state index contributed by atoms with van der Waals surface area (Å²) in [6.07, 6.45) is -0.694. The van der Waals surface area contributed by atoms with Gasteiger partial charge in [0.15, 0.2) is 0 Å². The number of esters is 1. The van der Waals surface area contributed by atoms with Gasteiger partial charge in [-0.2, -0.15) is 0 Å². The third-order valence-corrected chi connectivity index (χ3v) is 6.86. The van der Waals surface area contributed by atoms with Crippen LogP contribution < -0.4 is 10.6 Å². The number of fused-ring (bicyclic) bond motifs is 1. The number of nitrogens with one attached hydrogen (secondary N) is 2. The van der Waals surface area contributed by atoms with Gasteiger partial charge in [0.05, 0.1) is 13.5 Å². The molecule has 4 aromatic rings. The van der Waals surface area contributed by atoms with E-state index in [0.29, 0.717) is 16.8 Å². The minimum atomic E-state index is -1.28. The standard InChI is InChI=1S/C34H33N3O8/c1-44-33(42)29(18-23-12-15-28(16-13-23)35-34(43)45-22-24-7-3-2-4-8-24)36-30(38)20-37(21-32(40)41)31(39)19-25-11-14-26-9-5-6-10-27(26)17-25/h2-17,29H,18-22H2,1H3,(H,35,43)(H,36,38)(H,40,41)/t29-/m0/s1. The Hall–Kier alpha value is -5.71. The molecule has 3 amide bonds. The number of carboxylic acids is 1. The minimum Gasteiger partial charge on any atom is -0.480 e. The fourth-order valence-corrected chi connectivity index (χ4v) is 4.62. The van der Waals surface area contributed by atoms with Crippen LogP contribution in [0.2, 0.25) is 0 Å². The largest absolute Gasteiger partial charge is 0.480 e. The average Bonchev–Trinajstić information content (AvgIpc) is 3.04. The fraction of sp³-hybridized carbons (Fsp3) is 0.206. The lowest BCUT2D eigenvalue weighted by Gasteiger charge is -2.22. The Morgan fingerprint density at radius 2 is 1.44 bits per heavy atom. The molecule has 232 valence electrons. The van der Waals surface area contributed by atoms with E-state index in [0.717, 1.165) is 21.2 Å². The van der Waals surface area contributed by atoms with Gasteiger partial charge < -0.3 is 24.8 Å². The first-order valence-electron chi connectivity index (χ1n) is 14.1. The number of aliphatic carboxylic acids is 1. The van der Waals surface area contributed by atoms with Crippen molar-refractivity contribution in [2.75, 3.05) is 25.5 Å². The second-order valence-electron chi connectivity index (χ2n) is 10.2. The van der Waals surface area contributed by atoms with E-state index in [-0.39, 0.29) is 19.4 Å². The predicted octanol–water partition coefficient (Wildman–Crippen LogP) is 3.94. The Labute approximate surface area is 259 Å². The molecule has 0 aromatic heterocycles. The van der Waals surface area contributed by atoms with Gasteiger partial charge in [-0.1, -0.05) is 84.9 Å². The summed E-state index contributed by atoms with van der Waals surface area (Å²) in [7, 11) is 1.18. The summed E-state index contributed by atoms with van der Waals surface area (Å²) in [6.45, 7) is -1.14. The van der Waals surface area contributed by atoms with Crippen LogP contribution in [0.5, 0.6) is 0 Å². The summed E-state index contributed by atoms with van der Waals surface area (Å²) in [4.78, 5) is 63.1. The van der Waals surface area contributed by atoms with Gasteiger partial charge in [-0.05, 0) is 39.6 Å². The molecule has 0 saturated carbocycles. The molecular weight excluding hydrogens is 578 g/mol. The number of hydrogen-bond acceptors (Lipinski definition) is 7. The molecule has 0 aliphatic rings. The molecule has 1 atom stereocenters. The van der Waals surface area contributed by atoms with E-state index in [2.05, 4.69) is 10.6 Å². The van der Waals surface area contributed by atoms with Crippen LogP contribution in [0.3, 0.4) is 0 Å². The second kappa shape index (κ2) is 15.7. The van der Waals surface area contributed by atoms with Gasteiger partial charge in [-0.25, -0.2) is 9.59 Å². The number of anilines is 1. The lowest BCUT2D eigenvalue weighted by Crippen LogP contribution is -2.49. The van der Waals surface area contributed by atoms with E-state index in [9.17, 15) is 29.1 Å². The zero-order chi connectivity index (χ0) is 32.2. The van der Waals surface area contributed by atoms with Crippen LogP contribution in [0.15, 0.2) is 97.1 Å². The van der Waals surface area contributed by atoms with E-state index < -0.39 is 49.0 Å². The SMILES string of the molecule is COC(=O)[C@H](Cc1ccc(NC(=O)OCc2ccccc2)cc1)NC(=O)CN(CC(=O)O)C(=O)Cc1ccc2ccccc2c1. The smallest absolute Gasteiger partial charge is 0.411 e. The molecule has 0 aliphatic carbocycles. The third kappa shape index (κ3) is 9.92. The second-order valence-corrected chi connectivity index (χ2v) is 10.2. The number of rotatable bonds is 13. The highest BCUT2D eigenvalue weighted by Crippen LogP contribution is 2.17. The molecular formula is C34H33N3O8. The van der Waals surface area contributed by atoms with Gasteiger partial charge >= 0.3 is 18.0 Å². The van der Waals surface area contributed by atoms with E-state index in [1.54, 1.807) is 30.3 Å². The van der Waals surface area contributed by atoms with Crippen molar-refractivity contribution in [2.45, 2.75) is 25.5 Å². The number of methoxy groups -OCH3 is 1. The number of amides is 3. The number of nitrogens with zero attached hydrogens (tertiary/aromatic N) is 1. The van der Waals surface area contributed by atoms with Crippen molar-refractivity contribution in [3.8, 4) is 0 Å². The molecule has 11 heteroatoms. The van der Waals surface area contributed by atoms with Crippen LogP contribution in [-0.4, -0.2) is 66.1 Å². The topological polar surface area (TPSA) is 151 Å². The van der Waals surface area contributed by atoms with E-state index in [1.165, 1.54) is 7.11 Å². The molecule has 0 unspecified atom stereocenters. The number of carbonyl (C=O) groups is 5. The number of ether oxygens (including phenoxy) is 2. The number of benzene rings is 4. The maximum Gasteiger partial charge on any atom is 0.411 e. The highest BCUT2D eigenvalue weighted by molar-refractivity contribution is 5.91. The van der Waals surface area contributed by atoms with E-state index >= 15 is 0 Å². The van der Waals surface area contributed by atoms with Crippen LogP contribution in [0.4, 0.5) is 10.5 Å². The van der Waals surface area contributed by atoms with Crippen LogP contribution in [0.25, 0.3) is 10.8 Å². The van der Waals surface area contributed by atoms with E-state index in [1.807, 2.05) is 66.7 Å². The first kappa shape index (κ1) is 32.2. The molecule has 45 heavy (non-hydrogen) atoms. The maximum atomic E-state index is 13.1. The number of hydrogen-bond donors (Lipinski definition) is 3. The van der Waals surface area contributed by atoms with Gasteiger partial charge in [0, 0.05) is 12.1 Å². The zero-order valence-electron chi connectivity index (χ0n) is 24.6.